The van der Waals surface area contributed by atoms with Crippen LogP contribution in [0, 0.1) is 0 Å². The molecule has 0 aliphatic carbocycles. The first kappa shape index (κ1) is 12.6. The van der Waals surface area contributed by atoms with Crippen molar-refractivity contribution >= 4 is 0 Å². The van der Waals surface area contributed by atoms with Crippen molar-refractivity contribution in [1.82, 2.24) is 14.5 Å². The minimum absolute atomic E-state index is 0.300. The van der Waals surface area contributed by atoms with Crippen LogP contribution in [-0.2, 0) is 13.1 Å². The Morgan fingerprint density at radius 3 is 3.12 bits per heavy atom. The average molecular weight is 237 g/mol. The van der Waals surface area contributed by atoms with E-state index in [1.54, 1.807) is 0 Å². The van der Waals surface area contributed by atoms with Gasteiger partial charge >= 0.3 is 0 Å². The summed E-state index contributed by atoms with van der Waals surface area (Å²) in [4.78, 5) is 6.72. The number of imidazole rings is 1. The number of aryl methyl sites for hydroxylation is 1. The topological polar surface area (TPSA) is 41.3 Å². The highest BCUT2D eigenvalue weighted by Crippen LogP contribution is 2.21. The molecule has 96 valence electrons. The van der Waals surface area contributed by atoms with Crippen molar-refractivity contribution in [3.05, 3.63) is 18.2 Å². The number of hydrogen-bond donors (Lipinski definition) is 1. The summed E-state index contributed by atoms with van der Waals surface area (Å²) in [6, 6.07) is 0.550. The molecule has 0 radical (unpaired) electrons. The van der Waals surface area contributed by atoms with E-state index in [9.17, 15) is 0 Å². The fourth-order valence-corrected chi connectivity index (χ4v) is 2.72. The highest BCUT2D eigenvalue weighted by molar-refractivity contribution is 4.99. The number of rotatable bonds is 5. The van der Waals surface area contributed by atoms with E-state index in [0.717, 1.165) is 26.1 Å². The lowest BCUT2D eigenvalue weighted by atomic mass is 9.99. The Morgan fingerprint density at radius 1 is 1.47 bits per heavy atom. The molecule has 2 rings (SSSR count). The van der Waals surface area contributed by atoms with Crippen LogP contribution in [0.5, 0.6) is 0 Å². The van der Waals surface area contributed by atoms with Crippen LogP contribution < -0.4 is 0 Å². The first-order valence-electron chi connectivity index (χ1n) is 6.69. The fraction of sp³-hybridized carbons (Fsp3) is 0.769. The van der Waals surface area contributed by atoms with Crippen LogP contribution in [-0.4, -0.2) is 38.8 Å². The van der Waals surface area contributed by atoms with E-state index >= 15 is 0 Å². The van der Waals surface area contributed by atoms with E-state index in [0.29, 0.717) is 12.6 Å². The maximum atomic E-state index is 9.12. The van der Waals surface area contributed by atoms with E-state index in [2.05, 4.69) is 21.4 Å². The molecule has 1 fully saturated rings. The molecule has 0 saturated carbocycles. The first-order chi connectivity index (χ1) is 8.35. The predicted octanol–water partition coefficient (Wildman–Crippen LogP) is 1.64. The van der Waals surface area contributed by atoms with Gasteiger partial charge in [0.2, 0.25) is 0 Å². The van der Waals surface area contributed by atoms with Gasteiger partial charge in [-0.15, -0.1) is 0 Å². The van der Waals surface area contributed by atoms with Crippen LogP contribution in [0.1, 0.15) is 38.3 Å². The van der Waals surface area contributed by atoms with Gasteiger partial charge in [-0.05, 0) is 32.7 Å². The molecular formula is C13H23N3O. The zero-order valence-corrected chi connectivity index (χ0v) is 10.7. The third-order valence-electron chi connectivity index (χ3n) is 3.72. The Morgan fingerprint density at radius 2 is 2.35 bits per heavy atom. The van der Waals surface area contributed by atoms with E-state index in [4.69, 9.17) is 5.11 Å². The summed E-state index contributed by atoms with van der Waals surface area (Å²) in [7, 11) is 0. The molecular weight excluding hydrogens is 214 g/mol. The summed E-state index contributed by atoms with van der Waals surface area (Å²) in [5, 5.41) is 9.12. The van der Waals surface area contributed by atoms with Crippen LogP contribution >= 0.6 is 0 Å². The third kappa shape index (κ3) is 3.07. The highest BCUT2D eigenvalue weighted by atomic mass is 16.3. The minimum Gasteiger partial charge on any atom is -0.396 e. The van der Waals surface area contributed by atoms with Crippen molar-refractivity contribution in [1.29, 1.82) is 0 Å². The van der Waals surface area contributed by atoms with Gasteiger partial charge in [0, 0.05) is 31.9 Å². The maximum Gasteiger partial charge on any atom is 0.0948 e. The Labute approximate surface area is 103 Å². The van der Waals surface area contributed by atoms with Gasteiger partial charge in [0.15, 0.2) is 0 Å². The molecule has 0 bridgehead atoms. The second-order valence-corrected chi connectivity index (χ2v) is 4.80. The van der Waals surface area contributed by atoms with Gasteiger partial charge < -0.3 is 9.67 Å². The number of aliphatic hydroxyl groups excluding tert-OH is 1. The summed E-state index contributed by atoms with van der Waals surface area (Å²) in [6.45, 7) is 5.55. The molecule has 1 aromatic rings. The number of nitrogens with zero attached hydrogens (tertiary/aromatic N) is 3. The van der Waals surface area contributed by atoms with Crippen molar-refractivity contribution in [3.63, 3.8) is 0 Å². The van der Waals surface area contributed by atoms with Crippen molar-refractivity contribution in [3.8, 4) is 0 Å². The first-order valence-corrected chi connectivity index (χ1v) is 6.69. The summed E-state index contributed by atoms with van der Waals surface area (Å²) >= 11 is 0. The van der Waals surface area contributed by atoms with Crippen LogP contribution in [0.15, 0.2) is 12.5 Å². The van der Waals surface area contributed by atoms with Gasteiger partial charge in [-0.2, -0.15) is 0 Å². The van der Waals surface area contributed by atoms with E-state index in [-0.39, 0.29) is 0 Å². The highest BCUT2D eigenvalue weighted by Gasteiger charge is 2.22. The molecule has 0 spiro atoms. The average Bonchev–Trinajstić information content (AvgIpc) is 2.79. The van der Waals surface area contributed by atoms with Gasteiger partial charge in [0.05, 0.1) is 12.0 Å². The number of piperidine rings is 1. The number of hydrogen-bond acceptors (Lipinski definition) is 3. The summed E-state index contributed by atoms with van der Waals surface area (Å²) in [5.74, 6) is 0. The molecule has 1 aromatic heterocycles. The molecule has 17 heavy (non-hydrogen) atoms. The molecule has 1 N–H and O–H groups in total. The fourth-order valence-electron chi connectivity index (χ4n) is 2.72. The Hall–Kier alpha value is -0.870. The monoisotopic (exact) mass is 237 g/mol. The molecule has 1 aliphatic rings. The summed E-state index contributed by atoms with van der Waals surface area (Å²) in [6.07, 6.45) is 8.58. The molecule has 4 heteroatoms. The van der Waals surface area contributed by atoms with Crippen molar-refractivity contribution in [2.24, 2.45) is 0 Å². The molecule has 1 atom stereocenters. The maximum absolute atomic E-state index is 9.12. The lowest BCUT2D eigenvalue weighted by Gasteiger charge is -2.35. The second kappa shape index (κ2) is 6.17. The van der Waals surface area contributed by atoms with E-state index in [1.807, 2.05) is 12.5 Å². The minimum atomic E-state index is 0.300. The van der Waals surface area contributed by atoms with E-state index < -0.39 is 0 Å². The lowest BCUT2D eigenvalue weighted by Crippen LogP contribution is -2.39. The van der Waals surface area contributed by atoms with Crippen LogP contribution in [0.2, 0.25) is 0 Å². The van der Waals surface area contributed by atoms with Crippen molar-refractivity contribution in [2.45, 2.75) is 51.7 Å². The molecule has 1 aliphatic heterocycles. The van der Waals surface area contributed by atoms with E-state index in [1.165, 1.54) is 25.0 Å². The number of aromatic nitrogens is 2. The van der Waals surface area contributed by atoms with Crippen LogP contribution in [0.3, 0.4) is 0 Å². The normalized spacial score (nSPS) is 21.9. The smallest absolute Gasteiger partial charge is 0.0948 e. The lowest BCUT2D eigenvalue weighted by molar-refractivity contribution is 0.110. The second-order valence-electron chi connectivity index (χ2n) is 4.80. The Kier molecular flexibility index (Phi) is 4.57. The van der Waals surface area contributed by atoms with Gasteiger partial charge in [0.25, 0.3) is 0 Å². The van der Waals surface area contributed by atoms with Crippen LogP contribution in [0.25, 0.3) is 0 Å². The summed E-state index contributed by atoms with van der Waals surface area (Å²) < 4.78 is 2.20. The van der Waals surface area contributed by atoms with Gasteiger partial charge in [-0.25, -0.2) is 4.98 Å². The quantitative estimate of drug-likeness (QED) is 0.846. The largest absolute Gasteiger partial charge is 0.396 e. The molecule has 4 nitrogen and oxygen atoms in total. The zero-order chi connectivity index (χ0) is 12.1. The molecule has 1 saturated heterocycles. The molecule has 0 unspecified atom stereocenters. The van der Waals surface area contributed by atoms with Crippen LogP contribution in [0.4, 0.5) is 0 Å². The summed E-state index contributed by atoms with van der Waals surface area (Å²) in [5.41, 5.74) is 1.29. The van der Waals surface area contributed by atoms with Crippen molar-refractivity contribution < 1.29 is 5.11 Å². The molecule has 2 heterocycles. The number of likely N-dealkylation sites (tertiary alicyclic amines) is 1. The SMILES string of the molecule is CCn1cncc1CN1CCCC[C@H]1CCO. The predicted molar refractivity (Wildman–Crippen MR) is 67.7 cm³/mol. The number of aliphatic hydroxyl groups is 1. The van der Waals surface area contributed by atoms with Crippen molar-refractivity contribution in [2.75, 3.05) is 13.2 Å². The molecule has 0 amide bonds. The standard InChI is InChI=1S/C13H23N3O/c1-2-15-11-14-9-13(15)10-16-7-4-3-5-12(16)6-8-17/h9,11-12,17H,2-8,10H2,1H3/t12-/m0/s1. The van der Waals surface area contributed by atoms with Gasteiger partial charge in [-0.1, -0.05) is 6.42 Å². The molecule has 0 aromatic carbocycles. The Balaban J connectivity index is 2.00. The van der Waals surface area contributed by atoms with Gasteiger partial charge in [0.1, 0.15) is 0 Å². The van der Waals surface area contributed by atoms with Gasteiger partial charge in [-0.3, -0.25) is 4.90 Å². The Bertz CT molecular complexity index is 335. The third-order valence-corrected chi connectivity index (χ3v) is 3.72. The zero-order valence-electron chi connectivity index (χ0n) is 10.7.